The number of H-pyrrole nitrogens is 1. The lowest BCUT2D eigenvalue weighted by molar-refractivity contribution is 0.0478. The highest BCUT2D eigenvalue weighted by Crippen LogP contribution is 2.26. The van der Waals surface area contributed by atoms with Gasteiger partial charge in [-0.15, -0.1) is 0 Å². The molecule has 0 aliphatic carbocycles. The normalized spacial score (nSPS) is 15.7. The molecule has 4 aromatic rings. The second-order valence-electron chi connectivity index (χ2n) is 7.99. The van der Waals surface area contributed by atoms with E-state index in [0.717, 1.165) is 12.8 Å². The summed E-state index contributed by atoms with van der Waals surface area (Å²) in [5.74, 6) is -0.102. The summed E-state index contributed by atoms with van der Waals surface area (Å²) in [6.07, 6.45) is 1.65. The molecule has 7 nitrogen and oxygen atoms in total. The van der Waals surface area contributed by atoms with E-state index in [1.165, 1.54) is 12.1 Å². The Bertz CT molecular complexity index is 1360. The fourth-order valence-corrected chi connectivity index (χ4v) is 4.06. The Morgan fingerprint density at radius 1 is 1.12 bits per heavy atom. The summed E-state index contributed by atoms with van der Waals surface area (Å²) in [7, 11) is 0. The first-order valence-corrected chi connectivity index (χ1v) is 10.8. The first-order chi connectivity index (χ1) is 16.1. The van der Waals surface area contributed by atoms with E-state index in [4.69, 9.17) is 9.15 Å². The van der Waals surface area contributed by atoms with E-state index in [1.54, 1.807) is 53.4 Å². The summed E-state index contributed by atoms with van der Waals surface area (Å²) >= 11 is 0. The molecule has 1 atom stereocenters. The molecule has 2 aromatic heterocycles. The Balaban J connectivity index is 1.45. The standard InChI is InChI=1S/C25H22FN3O4/c26-19-9-3-1-7-17(19)21-11-12-22(33-21)25(31)29(14-16-6-5-13-32-16)15-23-27-20-10-4-2-8-18(20)24(30)28-23/h1-4,7-12,16H,5-6,13-15H2,(H,27,28,30)/t16-/m1/s1. The molecule has 0 saturated carbocycles. The summed E-state index contributed by atoms with van der Waals surface area (Å²) in [5, 5.41) is 0.485. The van der Waals surface area contributed by atoms with Gasteiger partial charge in [0.2, 0.25) is 0 Å². The van der Waals surface area contributed by atoms with Crippen molar-refractivity contribution in [2.75, 3.05) is 13.2 Å². The maximum Gasteiger partial charge on any atom is 0.290 e. The third kappa shape index (κ3) is 4.42. The number of hydrogen-bond donors (Lipinski definition) is 1. The number of furan rings is 1. The molecule has 1 saturated heterocycles. The molecule has 1 N–H and O–H groups in total. The second-order valence-corrected chi connectivity index (χ2v) is 7.99. The molecule has 0 radical (unpaired) electrons. The van der Waals surface area contributed by atoms with Crippen LogP contribution in [0.2, 0.25) is 0 Å². The molecule has 168 valence electrons. The van der Waals surface area contributed by atoms with Gasteiger partial charge in [0, 0.05) is 13.2 Å². The van der Waals surface area contributed by atoms with E-state index in [0.29, 0.717) is 29.9 Å². The highest BCUT2D eigenvalue weighted by Gasteiger charge is 2.26. The van der Waals surface area contributed by atoms with Crippen molar-refractivity contribution in [2.24, 2.45) is 0 Å². The second kappa shape index (κ2) is 8.99. The van der Waals surface area contributed by atoms with E-state index in [1.807, 2.05) is 0 Å². The van der Waals surface area contributed by atoms with Gasteiger partial charge in [0.1, 0.15) is 17.4 Å². The van der Waals surface area contributed by atoms with Crippen LogP contribution in [0.25, 0.3) is 22.2 Å². The quantitative estimate of drug-likeness (QED) is 0.480. The Labute approximate surface area is 188 Å². The number of aromatic nitrogens is 2. The van der Waals surface area contributed by atoms with Crippen molar-refractivity contribution in [2.45, 2.75) is 25.5 Å². The van der Waals surface area contributed by atoms with E-state index in [9.17, 15) is 14.0 Å². The smallest absolute Gasteiger partial charge is 0.290 e. The number of ether oxygens (including phenoxy) is 1. The van der Waals surface area contributed by atoms with Crippen LogP contribution in [-0.4, -0.2) is 40.0 Å². The third-order valence-electron chi connectivity index (χ3n) is 5.69. The number of amides is 1. The number of halogens is 1. The van der Waals surface area contributed by atoms with Crippen LogP contribution < -0.4 is 5.56 Å². The van der Waals surface area contributed by atoms with E-state index in [-0.39, 0.29) is 41.2 Å². The largest absolute Gasteiger partial charge is 0.451 e. The summed E-state index contributed by atoms with van der Waals surface area (Å²) < 4.78 is 25.6. The SMILES string of the molecule is O=C(c1ccc(-c2ccccc2F)o1)N(Cc1nc2ccccc2c(=O)[nH]1)C[C@H]1CCCO1. The van der Waals surface area contributed by atoms with E-state index in [2.05, 4.69) is 9.97 Å². The fraction of sp³-hybridized carbons (Fsp3) is 0.240. The molecule has 8 heteroatoms. The molecule has 1 aliphatic rings. The summed E-state index contributed by atoms with van der Waals surface area (Å²) in [5.41, 5.74) is 0.573. The van der Waals surface area contributed by atoms with Crippen molar-refractivity contribution in [1.29, 1.82) is 0 Å². The Morgan fingerprint density at radius 2 is 1.94 bits per heavy atom. The number of benzene rings is 2. The molecular weight excluding hydrogens is 425 g/mol. The number of para-hydroxylation sites is 1. The molecular formula is C25H22FN3O4. The van der Waals surface area contributed by atoms with Crippen molar-refractivity contribution in [3.8, 4) is 11.3 Å². The van der Waals surface area contributed by atoms with Gasteiger partial charge in [0.15, 0.2) is 5.76 Å². The third-order valence-corrected chi connectivity index (χ3v) is 5.69. The summed E-state index contributed by atoms with van der Waals surface area (Å²) in [6.45, 7) is 1.05. The number of nitrogens with zero attached hydrogens (tertiary/aromatic N) is 2. The number of carbonyl (C=O) groups excluding carboxylic acids is 1. The Morgan fingerprint density at radius 3 is 2.76 bits per heavy atom. The Kier molecular flexibility index (Phi) is 5.75. The van der Waals surface area contributed by atoms with Crippen molar-refractivity contribution >= 4 is 16.8 Å². The van der Waals surface area contributed by atoms with Gasteiger partial charge in [-0.1, -0.05) is 24.3 Å². The van der Waals surface area contributed by atoms with Crippen molar-refractivity contribution < 1.29 is 18.3 Å². The zero-order valence-electron chi connectivity index (χ0n) is 17.8. The zero-order chi connectivity index (χ0) is 22.8. The average molecular weight is 447 g/mol. The maximum absolute atomic E-state index is 14.2. The number of nitrogens with one attached hydrogen (secondary N) is 1. The molecule has 2 aromatic carbocycles. The molecule has 1 aliphatic heterocycles. The van der Waals surface area contributed by atoms with Crippen LogP contribution in [0.15, 0.2) is 69.9 Å². The molecule has 5 rings (SSSR count). The van der Waals surface area contributed by atoms with Crippen LogP contribution in [0, 0.1) is 5.82 Å². The maximum atomic E-state index is 14.2. The van der Waals surface area contributed by atoms with Crippen LogP contribution in [-0.2, 0) is 11.3 Å². The molecule has 0 bridgehead atoms. The van der Waals surface area contributed by atoms with E-state index < -0.39 is 5.82 Å². The van der Waals surface area contributed by atoms with Gasteiger partial charge < -0.3 is 19.0 Å². The summed E-state index contributed by atoms with van der Waals surface area (Å²) in [4.78, 5) is 34.7. The first-order valence-electron chi connectivity index (χ1n) is 10.8. The highest BCUT2D eigenvalue weighted by molar-refractivity contribution is 5.92. The number of carbonyl (C=O) groups is 1. The van der Waals surface area contributed by atoms with Crippen LogP contribution in [0.1, 0.15) is 29.2 Å². The molecule has 3 heterocycles. The lowest BCUT2D eigenvalue weighted by Gasteiger charge is -2.24. The van der Waals surface area contributed by atoms with Gasteiger partial charge in [0.25, 0.3) is 11.5 Å². The molecule has 1 fully saturated rings. The number of rotatable bonds is 6. The van der Waals surface area contributed by atoms with Crippen molar-refractivity contribution in [3.05, 3.63) is 88.4 Å². The van der Waals surface area contributed by atoms with Gasteiger partial charge >= 0.3 is 0 Å². The molecule has 1 amide bonds. The Hall–Kier alpha value is -3.78. The number of aromatic amines is 1. The minimum Gasteiger partial charge on any atom is -0.451 e. The van der Waals surface area contributed by atoms with Crippen molar-refractivity contribution in [1.82, 2.24) is 14.9 Å². The van der Waals surface area contributed by atoms with Crippen molar-refractivity contribution in [3.63, 3.8) is 0 Å². The van der Waals surface area contributed by atoms with Gasteiger partial charge in [-0.3, -0.25) is 9.59 Å². The van der Waals surface area contributed by atoms with Gasteiger partial charge in [-0.2, -0.15) is 0 Å². The van der Waals surface area contributed by atoms with Crippen LogP contribution in [0.4, 0.5) is 4.39 Å². The van der Waals surface area contributed by atoms with Gasteiger partial charge in [-0.05, 0) is 49.2 Å². The van der Waals surface area contributed by atoms with E-state index >= 15 is 0 Å². The molecule has 0 unspecified atom stereocenters. The highest BCUT2D eigenvalue weighted by atomic mass is 19.1. The minimum atomic E-state index is -0.431. The monoisotopic (exact) mass is 447 g/mol. The van der Waals surface area contributed by atoms with Gasteiger partial charge in [0.05, 0.1) is 29.1 Å². The average Bonchev–Trinajstić information content (AvgIpc) is 3.51. The molecule has 0 spiro atoms. The predicted octanol–water partition coefficient (Wildman–Crippen LogP) is 4.14. The number of hydrogen-bond acceptors (Lipinski definition) is 5. The lowest BCUT2D eigenvalue weighted by Crippen LogP contribution is -2.37. The predicted molar refractivity (Wildman–Crippen MR) is 120 cm³/mol. The minimum absolute atomic E-state index is 0.0779. The van der Waals surface area contributed by atoms with Gasteiger partial charge in [-0.25, -0.2) is 9.37 Å². The van der Waals surface area contributed by atoms with Crippen LogP contribution in [0.5, 0.6) is 0 Å². The topological polar surface area (TPSA) is 88.4 Å². The zero-order valence-corrected chi connectivity index (χ0v) is 17.8. The first kappa shape index (κ1) is 21.1. The lowest BCUT2D eigenvalue weighted by atomic mass is 10.1. The summed E-state index contributed by atoms with van der Waals surface area (Å²) in [6, 6.07) is 16.4. The number of fused-ring (bicyclic) bond motifs is 1. The van der Waals surface area contributed by atoms with Crippen LogP contribution in [0.3, 0.4) is 0 Å². The molecule has 33 heavy (non-hydrogen) atoms. The fourth-order valence-electron chi connectivity index (χ4n) is 4.06. The van der Waals surface area contributed by atoms with Crippen LogP contribution >= 0.6 is 0 Å².